The number of hydrogen-bond donors (Lipinski definition) is 4. The first kappa shape index (κ1) is 16.8. The number of aromatic hydroxyl groups is 2. The summed E-state index contributed by atoms with van der Waals surface area (Å²) in [6.45, 7) is 3.58. The summed E-state index contributed by atoms with van der Waals surface area (Å²) in [5.41, 5.74) is 4.96. The van der Waals surface area contributed by atoms with Crippen molar-refractivity contribution in [3.8, 4) is 22.6 Å². The molecular weight excluding hydrogens is 364 g/mol. The van der Waals surface area contributed by atoms with Gasteiger partial charge in [-0.1, -0.05) is 36.6 Å². The molecule has 4 aromatic rings. The van der Waals surface area contributed by atoms with Gasteiger partial charge in [0, 0.05) is 21.8 Å². The average molecular weight is 380 g/mol. The molecule has 130 valence electrons. The van der Waals surface area contributed by atoms with Crippen molar-refractivity contribution in [1.82, 2.24) is 9.97 Å². The molecule has 0 aliphatic rings. The first-order chi connectivity index (χ1) is 12.4. The van der Waals surface area contributed by atoms with Crippen molar-refractivity contribution in [2.45, 2.75) is 13.8 Å². The Bertz CT molecular complexity index is 1220. The van der Waals surface area contributed by atoms with Crippen LogP contribution in [0.5, 0.6) is 11.5 Å². The topological polar surface area (TPSA) is 72.0 Å². The van der Waals surface area contributed by atoms with E-state index in [1.165, 1.54) is 0 Å². The van der Waals surface area contributed by atoms with Gasteiger partial charge in [-0.25, -0.2) is 0 Å². The number of benzene rings is 2. The van der Waals surface area contributed by atoms with Crippen LogP contribution < -0.4 is 0 Å². The summed E-state index contributed by atoms with van der Waals surface area (Å²) in [5.74, 6) is 0.206. The Morgan fingerprint density at radius 1 is 0.692 bits per heavy atom. The maximum absolute atomic E-state index is 10.1. The number of aromatic nitrogens is 2. The third-order valence-electron chi connectivity index (χ3n) is 4.65. The van der Waals surface area contributed by atoms with Crippen molar-refractivity contribution < 1.29 is 10.2 Å². The number of nitrogens with one attached hydrogen (secondary N) is 2. The highest BCUT2D eigenvalue weighted by molar-refractivity contribution is 7.72. The average Bonchev–Trinajstić information content (AvgIpc) is 2.64. The third-order valence-corrected chi connectivity index (χ3v) is 5.47. The second-order valence-corrected chi connectivity index (χ2v) is 7.19. The van der Waals surface area contributed by atoms with Gasteiger partial charge in [-0.3, -0.25) is 0 Å². The molecule has 2 aromatic heterocycles. The first-order valence-corrected chi connectivity index (χ1v) is 8.90. The standard InChI is InChI=1S/C20H16N2O2S2/c1-9-17(23)19(25)13-7-11(3-5-15(13)21-9)12-4-6-16-14(8-12)20(26)18(24)10(2)22-16/h3-8,23-24H,1-2H3,(H,21,25)(H,22,26). The van der Waals surface area contributed by atoms with Gasteiger partial charge in [-0.2, -0.15) is 0 Å². The van der Waals surface area contributed by atoms with Gasteiger partial charge in [0.15, 0.2) is 11.5 Å². The number of aryl methyl sites for hydroxylation is 2. The summed E-state index contributed by atoms with van der Waals surface area (Å²) in [5, 5.41) is 21.8. The molecule has 0 radical (unpaired) electrons. The first-order valence-electron chi connectivity index (χ1n) is 8.08. The molecular formula is C20H16N2O2S2. The molecule has 0 spiro atoms. The molecule has 0 bridgehead atoms. The lowest BCUT2D eigenvalue weighted by Gasteiger charge is -2.10. The summed E-state index contributed by atoms with van der Waals surface area (Å²) >= 11 is 10.8. The Morgan fingerprint density at radius 2 is 1.08 bits per heavy atom. The van der Waals surface area contributed by atoms with E-state index in [-0.39, 0.29) is 11.5 Å². The lowest BCUT2D eigenvalue weighted by Crippen LogP contribution is -1.89. The summed E-state index contributed by atoms with van der Waals surface area (Å²) in [4.78, 5) is 6.32. The zero-order valence-electron chi connectivity index (χ0n) is 14.2. The van der Waals surface area contributed by atoms with Crippen molar-refractivity contribution in [3.05, 3.63) is 56.8 Å². The molecule has 0 fully saturated rings. The predicted molar refractivity (Wildman–Crippen MR) is 110 cm³/mol. The predicted octanol–water partition coefficient (Wildman–Crippen LogP) is 5.80. The van der Waals surface area contributed by atoms with Crippen LogP contribution in [0.1, 0.15) is 11.4 Å². The molecule has 0 atom stereocenters. The summed E-state index contributed by atoms with van der Waals surface area (Å²) < 4.78 is 0.869. The molecule has 0 unspecified atom stereocenters. The lowest BCUT2D eigenvalue weighted by atomic mass is 10.0. The van der Waals surface area contributed by atoms with Crippen LogP contribution >= 0.6 is 24.4 Å². The second kappa shape index (κ2) is 5.93. The number of pyridine rings is 2. The minimum atomic E-state index is 0.103. The van der Waals surface area contributed by atoms with E-state index >= 15 is 0 Å². The molecule has 2 heterocycles. The van der Waals surface area contributed by atoms with Gasteiger partial charge in [0.2, 0.25) is 0 Å². The van der Waals surface area contributed by atoms with Crippen LogP contribution in [0.25, 0.3) is 32.9 Å². The Balaban J connectivity index is 1.98. The molecule has 6 heteroatoms. The zero-order valence-corrected chi connectivity index (χ0v) is 15.8. The normalized spacial score (nSPS) is 11.3. The molecule has 0 saturated carbocycles. The molecule has 4 N–H and O–H groups in total. The molecule has 2 aromatic carbocycles. The van der Waals surface area contributed by atoms with Gasteiger partial charge < -0.3 is 20.2 Å². The van der Waals surface area contributed by atoms with Crippen molar-refractivity contribution >= 4 is 46.2 Å². The lowest BCUT2D eigenvalue weighted by molar-refractivity contribution is 0.466. The van der Waals surface area contributed by atoms with Crippen LogP contribution in [0.3, 0.4) is 0 Å². The van der Waals surface area contributed by atoms with E-state index in [1.54, 1.807) is 13.8 Å². The van der Waals surface area contributed by atoms with Gasteiger partial charge in [0.25, 0.3) is 0 Å². The fraction of sp³-hybridized carbons (Fsp3) is 0.100. The van der Waals surface area contributed by atoms with Gasteiger partial charge in [-0.15, -0.1) is 0 Å². The van der Waals surface area contributed by atoms with Gasteiger partial charge >= 0.3 is 0 Å². The maximum Gasteiger partial charge on any atom is 0.153 e. The minimum absolute atomic E-state index is 0.103. The van der Waals surface area contributed by atoms with E-state index in [9.17, 15) is 10.2 Å². The SMILES string of the molecule is Cc1[nH]c2ccc(-c3ccc4[nH]c(C)c(O)c(=S)c4c3)cc2c(=S)c1O. The second-order valence-electron chi connectivity index (χ2n) is 6.38. The Labute approximate surface area is 159 Å². The van der Waals surface area contributed by atoms with Crippen molar-refractivity contribution in [3.63, 3.8) is 0 Å². The molecule has 0 aliphatic heterocycles. The van der Waals surface area contributed by atoms with Crippen molar-refractivity contribution in [1.29, 1.82) is 0 Å². The highest BCUT2D eigenvalue weighted by Crippen LogP contribution is 2.32. The van der Waals surface area contributed by atoms with E-state index in [0.717, 1.165) is 32.9 Å². The highest BCUT2D eigenvalue weighted by Gasteiger charge is 2.09. The summed E-state index contributed by atoms with van der Waals surface area (Å²) in [6, 6.07) is 11.8. The molecule has 0 aliphatic carbocycles. The Hall–Kier alpha value is -2.70. The highest BCUT2D eigenvalue weighted by atomic mass is 32.1. The maximum atomic E-state index is 10.1. The fourth-order valence-corrected chi connectivity index (χ4v) is 3.80. The van der Waals surface area contributed by atoms with Crippen molar-refractivity contribution in [2.75, 3.05) is 0 Å². The number of rotatable bonds is 1. The van der Waals surface area contributed by atoms with Gasteiger partial charge in [0.1, 0.15) is 0 Å². The van der Waals surface area contributed by atoms with Gasteiger partial charge in [-0.05, 0) is 49.2 Å². The van der Waals surface area contributed by atoms with E-state index < -0.39 is 0 Å². The number of hydrogen-bond acceptors (Lipinski definition) is 4. The van der Waals surface area contributed by atoms with Crippen molar-refractivity contribution in [2.24, 2.45) is 0 Å². The van der Waals surface area contributed by atoms with Crippen LogP contribution in [-0.4, -0.2) is 20.2 Å². The van der Waals surface area contributed by atoms with Crippen LogP contribution in [0, 0.1) is 22.9 Å². The number of H-pyrrole nitrogens is 2. The van der Waals surface area contributed by atoms with E-state index in [0.29, 0.717) is 20.4 Å². The van der Waals surface area contributed by atoms with E-state index in [4.69, 9.17) is 24.4 Å². The summed E-state index contributed by atoms with van der Waals surface area (Å²) in [6.07, 6.45) is 0. The molecule has 0 saturated heterocycles. The van der Waals surface area contributed by atoms with E-state index in [2.05, 4.69) is 9.97 Å². The fourth-order valence-electron chi connectivity index (χ4n) is 3.16. The zero-order chi connectivity index (χ0) is 18.6. The smallest absolute Gasteiger partial charge is 0.153 e. The van der Waals surface area contributed by atoms with Gasteiger partial charge in [0.05, 0.1) is 20.4 Å². The molecule has 26 heavy (non-hydrogen) atoms. The largest absolute Gasteiger partial charge is 0.505 e. The molecule has 0 amide bonds. The number of fused-ring (bicyclic) bond motifs is 2. The van der Waals surface area contributed by atoms with Crippen LogP contribution in [0.2, 0.25) is 0 Å². The Kier molecular flexibility index (Phi) is 3.82. The number of aromatic amines is 2. The molecule has 4 rings (SSSR count). The van der Waals surface area contributed by atoms with E-state index in [1.807, 2.05) is 36.4 Å². The third kappa shape index (κ3) is 2.50. The molecule has 4 nitrogen and oxygen atoms in total. The van der Waals surface area contributed by atoms with Crippen LogP contribution in [0.4, 0.5) is 0 Å². The quantitative estimate of drug-likeness (QED) is 0.315. The summed E-state index contributed by atoms with van der Waals surface area (Å²) in [7, 11) is 0. The monoisotopic (exact) mass is 380 g/mol. The van der Waals surface area contributed by atoms with Crippen LogP contribution in [-0.2, 0) is 0 Å². The Morgan fingerprint density at radius 3 is 1.46 bits per heavy atom. The van der Waals surface area contributed by atoms with Crippen LogP contribution in [0.15, 0.2) is 36.4 Å². The minimum Gasteiger partial charge on any atom is -0.505 e.